The minimum atomic E-state index is 0.708. The summed E-state index contributed by atoms with van der Waals surface area (Å²) in [5, 5.41) is 1.96. The highest BCUT2D eigenvalue weighted by Crippen LogP contribution is 2.37. The molecule has 3 nitrogen and oxygen atoms in total. The quantitative estimate of drug-likeness (QED) is 0.349. The molecule has 0 fully saturated rings. The molecule has 21 heavy (non-hydrogen) atoms. The minimum absolute atomic E-state index is 0.708. The molecule has 2 heterocycles. The van der Waals surface area contributed by atoms with Gasteiger partial charge < -0.3 is 10.2 Å². The molecule has 2 aromatic carbocycles. The lowest BCUT2D eigenvalue weighted by Crippen LogP contribution is -1.86. The number of nitrogen functional groups attached to an aromatic ring is 1. The van der Waals surface area contributed by atoms with Crippen LogP contribution in [0.2, 0.25) is 0 Å². The Morgan fingerprint density at radius 1 is 1.19 bits per heavy atom. The van der Waals surface area contributed by atoms with Crippen molar-refractivity contribution in [3.8, 4) is 10.8 Å². The zero-order valence-electron chi connectivity index (χ0n) is 11.2. The van der Waals surface area contributed by atoms with E-state index in [0.29, 0.717) is 5.69 Å². The standard InChI is InChI=1S/C16H11IN2OS/c1-8-2-3-9-7-13(20-12(9)6-8)16-19-14-11(18)5-4-10(17)15(14)21-16/h2-7H,18H2,1H3. The van der Waals surface area contributed by atoms with Gasteiger partial charge in [0.1, 0.15) is 11.1 Å². The molecule has 2 aromatic heterocycles. The highest BCUT2D eigenvalue weighted by Gasteiger charge is 2.14. The summed E-state index contributed by atoms with van der Waals surface area (Å²) in [6.45, 7) is 2.06. The Labute approximate surface area is 138 Å². The van der Waals surface area contributed by atoms with Gasteiger partial charge in [-0.25, -0.2) is 4.98 Å². The molecule has 0 spiro atoms. The number of aromatic nitrogens is 1. The van der Waals surface area contributed by atoms with Gasteiger partial charge in [0.05, 0.1) is 10.4 Å². The lowest BCUT2D eigenvalue weighted by Gasteiger charge is -1.95. The predicted molar refractivity (Wildman–Crippen MR) is 96.7 cm³/mol. The third-order valence-electron chi connectivity index (χ3n) is 3.41. The summed E-state index contributed by atoms with van der Waals surface area (Å²) in [5.41, 5.74) is 9.67. The van der Waals surface area contributed by atoms with E-state index in [0.717, 1.165) is 35.5 Å². The van der Waals surface area contributed by atoms with Gasteiger partial charge in [-0.3, -0.25) is 0 Å². The third kappa shape index (κ3) is 2.11. The van der Waals surface area contributed by atoms with Gasteiger partial charge in [0, 0.05) is 8.96 Å². The molecule has 0 bridgehead atoms. The van der Waals surface area contributed by atoms with E-state index in [4.69, 9.17) is 10.2 Å². The number of halogens is 1. The van der Waals surface area contributed by atoms with Crippen LogP contribution in [0.15, 0.2) is 40.8 Å². The Bertz CT molecular complexity index is 948. The number of benzene rings is 2. The molecular formula is C16H11IN2OS. The van der Waals surface area contributed by atoms with Gasteiger partial charge in [0.2, 0.25) is 0 Å². The van der Waals surface area contributed by atoms with Crippen LogP contribution in [0.3, 0.4) is 0 Å². The van der Waals surface area contributed by atoms with Crippen molar-refractivity contribution in [1.82, 2.24) is 4.98 Å². The number of nitrogens with two attached hydrogens (primary N) is 1. The lowest BCUT2D eigenvalue weighted by molar-refractivity contribution is 0.631. The number of fused-ring (bicyclic) bond motifs is 2. The monoisotopic (exact) mass is 406 g/mol. The highest BCUT2D eigenvalue weighted by atomic mass is 127. The first-order chi connectivity index (χ1) is 10.1. The Kier molecular flexibility index (Phi) is 2.93. The Morgan fingerprint density at radius 2 is 2.05 bits per heavy atom. The van der Waals surface area contributed by atoms with Crippen molar-refractivity contribution in [2.45, 2.75) is 6.92 Å². The van der Waals surface area contributed by atoms with E-state index in [1.165, 1.54) is 5.56 Å². The van der Waals surface area contributed by atoms with Crippen LogP contribution in [-0.4, -0.2) is 4.98 Å². The second kappa shape index (κ2) is 4.71. The molecule has 0 saturated carbocycles. The van der Waals surface area contributed by atoms with Crippen LogP contribution >= 0.6 is 33.9 Å². The van der Waals surface area contributed by atoms with Crippen LogP contribution in [0.1, 0.15) is 5.56 Å². The van der Waals surface area contributed by atoms with Gasteiger partial charge in [-0.1, -0.05) is 12.1 Å². The summed E-state index contributed by atoms with van der Waals surface area (Å²) in [5.74, 6) is 0.798. The largest absolute Gasteiger partial charge is 0.454 e. The van der Waals surface area contributed by atoms with Crippen molar-refractivity contribution in [2.75, 3.05) is 5.73 Å². The Hall–Kier alpha value is -1.60. The van der Waals surface area contributed by atoms with Crippen LogP contribution in [-0.2, 0) is 0 Å². The lowest BCUT2D eigenvalue weighted by atomic mass is 10.2. The smallest absolute Gasteiger partial charge is 0.164 e. The Morgan fingerprint density at radius 3 is 2.86 bits per heavy atom. The maximum Gasteiger partial charge on any atom is 0.164 e. The molecule has 0 aliphatic carbocycles. The molecule has 4 aromatic rings. The first-order valence-corrected chi connectivity index (χ1v) is 8.36. The number of rotatable bonds is 1. The van der Waals surface area contributed by atoms with Gasteiger partial charge >= 0.3 is 0 Å². The van der Waals surface area contributed by atoms with Crippen molar-refractivity contribution >= 4 is 60.8 Å². The molecule has 2 N–H and O–H groups in total. The first kappa shape index (κ1) is 13.1. The Balaban J connectivity index is 1.95. The molecule has 4 rings (SSSR count). The van der Waals surface area contributed by atoms with Crippen LogP contribution in [0, 0.1) is 10.5 Å². The average molecular weight is 406 g/mol. The normalized spacial score (nSPS) is 11.5. The second-order valence-electron chi connectivity index (χ2n) is 4.99. The molecule has 104 valence electrons. The number of nitrogens with zero attached hydrogens (tertiary/aromatic N) is 1. The molecule has 0 radical (unpaired) electrons. The predicted octanol–water partition coefficient (Wildman–Crippen LogP) is 5.20. The van der Waals surface area contributed by atoms with Crippen LogP contribution in [0.5, 0.6) is 0 Å². The summed E-state index contributed by atoms with van der Waals surface area (Å²) in [7, 11) is 0. The van der Waals surface area contributed by atoms with E-state index < -0.39 is 0 Å². The number of furan rings is 1. The molecular weight excluding hydrogens is 395 g/mol. The van der Waals surface area contributed by atoms with E-state index in [9.17, 15) is 0 Å². The van der Waals surface area contributed by atoms with Gasteiger partial charge in [0.15, 0.2) is 10.8 Å². The molecule has 0 amide bonds. The molecule has 0 unspecified atom stereocenters. The summed E-state index contributed by atoms with van der Waals surface area (Å²) in [4.78, 5) is 4.66. The van der Waals surface area contributed by atoms with E-state index in [2.05, 4.69) is 46.6 Å². The van der Waals surface area contributed by atoms with E-state index in [1.807, 2.05) is 24.3 Å². The van der Waals surface area contributed by atoms with E-state index in [-0.39, 0.29) is 0 Å². The molecule has 0 saturated heterocycles. The number of hydrogen-bond acceptors (Lipinski definition) is 4. The number of thiazole rings is 1. The van der Waals surface area contributed by atoms with Gasteiger partial charge in [-0.2, -0.15) is 0 Å². The fraction of sp³-hybridized carbons (Fsp3) is 0.0625. The van der Waals surface area contributed by atoms with Crippen molar-refractivity contribution < 1.29 is 4.42 Å². The number of hydrogen-bond donors (Lipinski definition) is 1. The van der Waals surface area contributed by atoms with E-state index >= 15 is 0 Å². The summed E-state index contributed by atoms with van der Waals surface area (Å²) < 4.78 is 8.22. The van der Waals surface area contributed by atoms with E-state index in [1.54, 1.807) is 11.3 Å². The zero-order chi connectivity index (χ0) is 14.6. The fourth-order valence-corrected chi connectivity index (χ4v) is 4.07. The van der Waals surface area contributed by atoms with Crippen LogP contribution in [0.4, 0.5) is 5.69 Å². The maximum atomic E-state index is 6.02. The first-order valence-electron chi connectivity index (χ1n) is 6.47. The van der Waals surface area contributed by atoms with Crippen molar-refractivity contribution in [2.24, 2.45) is 0 Å². The third-order valence-corrected chi connectivity index (χ3v) is 5.78. The van der Waals surface area contributed by atoms with Gasteiger partial charge in [0.25, 0.3) is 0 Å². The number of anilines is 1. The zero-order valence-corrected chi connectivity index (χ0v) is 14.2. The van der Waals surface area contributed by atoms with Crippen LogP contribution < -0.4 is 5.73 Å². The molecule has 5 heteroatoms. The fourth-order valence-electron chi connectivity index (χ4n) is 2.34. The molecule has 0 atom stereocenters. The maximum absolute atomic E-state index is 6.02. The second-order valence-corrected chi connectivity index (χ2v) is 7.15. The van der Waals surface area contributed by atoms with Crippen LogP contribution in [0.25, 0.3) is 32.0 Å². The highest BCUT2D eigenvalue weighted by molar-refractivity contribution is 14.1. The number of aryl methyl sites for hydroxylation is 1. The molecule has 0 aliphatic rings. The summed E-state index contributed by atoms with van der Waals surface area (Å²) in [6.07, 6.45) is 0. The molecule has 0 aliphatic heterocycles. The van der Waals surface area contributed by atoms with Gasteiger partial charge in [-0.05, 0) is 59.3 Å². The van der Waals surface area contributed by atoms with Gasteiger partial charge in [-0.15, -0.1) is 11.3 Å². The SMILES string of the molecule is Cc1ccc2cc(-c3nc4c(N)ccc(I)c4s3)oc2c1. The van der Waals surface area contributed by atoms with Crippen molar-refractivity contribution in [3.05, 3.63) is 45.5 Å². The summed E-state index contributed by atoms with van der Waals surface area (Å²) in [6, 6.07) is 12.2. The minimum Gasteiger partial charge on any atom is -0.454 e. The average Bonchev–Trinajstić information content (AvgIpc) is 3.06. The topological polar surface area (TPSA) is 52.0 Å². The summed E-state index contributed by atoms with van der Waals surface area (Å²) >= 11 is 3.93. The van der Waals surface area contributed by atoms with Crippen molar-refractivity contribution in [1.29, 1.82) is 0 Å². The van der Waals surface area contributed by atoms with Crippen molar-refractivity contribution in [3.63, 3.8) is 0 Å².